The van der Waals surface area contributed by atoms with Gasteiger partial charge in [-0.05, 0) is 45.3 Å². The number of nitrogens with one attached hydrogen (secondary N) is 2. The summed E-state index contributed by atoms with van der Waals surface area (Å²) in [6, 6.07) is -0.0570. The Morgan fingerprint density at radius 1 is 1.19 bits per heavy atom. The van der Waals surface area contributed by atoms with E-state index < -0.39 is 13.9 Å². The Morgan fingerprint density at radius 2 is 1.81 bits per heavy atom. The van der Waals surface area contributed by atoms with Gasteiger partial charge in [-0.15, -0.1) is 0 Å². The van der Waals surface area contributed by atoms with Gasteiger partial charge in [0.15, 0.2) is 8.32 Å². The normalized spacial score (nSPS) is 27.5. The Labute approximate surface area is 164 Å². The van der Waals surface area contributed by atoms with E-state index in [9.17, 15) is 9.59 Å². The molecule has 3 atom stereocenters. The maximum Gasteiger partial charge on any atom is 0.410 e. The predicted octanol–water partition coefficient (Wildman–Crippen LogP) is 2.47. The molecule has 2 amide bonds. The van der Waals surface area contributed by atoms with Gasteiger partial charge in [0.2, 0.25) is 5.91 Å². The molecule has 2 rings (SSSR count). The molecule has 2 fully saturated rings. The molecule has 2 aliphatic heterocycles. The lowest BCUT2D eigenvalue weighted by molar-refractivity contribution is -0.121. The second kappa shape index (κ2) is 7.71. The standard InChI is InChI=1S/C19H37N3O4Si/c1-18(2,3)25-17(24)22-12-13(26-27(7,8)19(4,5)6)9-15(22)14-10-21-16(23)11-20-14/h13-15,20H,9-12H2,1-8H3,(H,21,23)/t13-,14?,15+/m1/s1. The van der Waals surface area contributed by atoms with E-state index in [1.807, 2.05) is 20.8 Å². The predicted molar refractivity (Wildman–Crippen MR) is 108 cm³/mol. The minimum Gasteiger partial charge on any atom is -0.444 e. The molecule has 0 aromatic carbocycles. The van der Waals surface area contributed by atoms with Crippen LogP contribution in [0.15, 0.2) is 0 Å². The van der Waals surface area contributed by atoms with E-state index in [2.05, 4.69) is 44.5 Å². The highest BCUT2D eigenvalue weighted by Crippen LogP contribution is 2.39. The Hall–Kier alpha value is -1.12. The molecule has 27 heavy (non-hydrogen) atoms. The van der Waals surface area contributed by atoms with Crippen molar-refractivity contribution in [3.8, 4) is 0 Å². The maximum absolute atomic E-state index is 12.8. The number of nitrogens with zero attached hydrogens (tertiary/aromatic N) is 1. The number of likely N-dealkylation sites (tertiary alicyclic amines) is 1. The van der Waals surface area contributed by atoms with Crippen LogP contribution in [0.1, 0.15) is 48.0 Å². The first kappa shape index (κ1) is 22.2. The average Bonchev–Trinajstić information content (AvgIpc) is 2.88. The zero-order valence-corrected chi connectivity index (χ0v) is 19.1. The first-order valence-electron chi connectivity index (χ1n) is 9.87. The van der Waals surface area contributed by atoms with Crippen molar-refractivity contribution in [2.45, 2.75) is 89.9 Å². The number of rotatable bonds is 3. The van der Waals surface area contributed by atoms with E-state index in [1.54, 1.807) is 4.90 Å². The van der Waals surface area contributed by atoms with Gasteiger partial charge in [-0.1, -0.05) is 20.8 Å². The summed E-state index contributed by atoms with van der Waals surface area (Å²) < 4.78 is 12.2. The fourth-order valence-corrected chi connectivity index (χ4v) is 4.63. The van der Waals surface area contributed by atoms with E-state index in [0.29, 0.717) is 13.1 Å². The molecule has 0 aromatic heterocycles. The number of carbonyl (C=O) groups excluding carboxylic acids is 2. The van der Waals surface area contributed by atoms with Crippen LogP contribution in [-0.2, 0) is 14.0 Å². The van der Waals surface area contributed by atoms with E-state index in [0.717, 1.165) is 6.42 Å². The number of carbonyl (C=O) groups is 2. The molecule has 0 aromatic rings. The van der Waals surface area contributed by atoms with Gasteiger partial charge in [-0.3, -0.25) is 4.79 Å². The third kappa shape index (κ3) is 5.68. The van der Waals surface area contributed by atoms with Crippen molar-refractivity contribution in [3.63, 3.8) is 0 Å². The molecule has 7 nitrogen and oxygen atoms in total. The van der Waals surface area contributed by atoms with Crippen molar-refractivity contribution < 1.29 is 18.8 Å². The lowest BCUT2D eigenvalue weighted by atomic mass is 10.0. The van der Waals surface area contributed by atoms with Gasteiger partial charge in [-0.25, -0.2) is 4.79 Å². The number of amides is 2. The number of ether oxygens (including phenoxy) is 1. The molecule has 156 valence electrons. The van der Waals surface area contributed by atoms with Crippen molar-refractivity contribution in [2.75, 3.05) is 19.6 Å². The van der Waals surface area contributed by atoms with Crippen LogP contribution in [0.25, 0.3) is 0 Å². The summed E-state index contributed by atoms with van der Waals surface area (Å²) in [5.74, 6) is -0.0119. The number of piperazine rings is 1. The molecule has 0 radical (unpaired) electrons. The smallest absolute Gasteiger partial charge is 0.410 e. The Balaban J connectivity index is 2.15. The van der Waals surface area contributed by atoms with E-state index >= 15 is 0 Å². The first-order chi connectivity index (χ1) is 12.2. The molecule has 0 bridgehead atoms. The molecular formula is C19H37N3O4Si. The molecule has 0 aliphatic carbocycles. The molecule has 2 heterocycles. The van der Waals surface area contributed by atoms with Gasteiger partial charge in [0.1, 0.15) is 5.60 Å². The molecule has 8 heteroatoms. The number of hydrogen-bond donors (Lipinski definition) is 2. The third-order valence-electron chi connectivity index (χ3n) is 5.71. The minimum absolute atomic E-state index is 0.00299. The van der Waals surface area contributed by atoms with Gasteiger partial charge in [-0.2, -0.15) is 0 Å². The second-order valence-electron chi connectivity index (χ2n) is 10.2. The molecule has 2 saturated heterocycles. The molecule has 0 saturated carbocycles. The van der Waals surface area contributed by atoms with Crippen LogP contribution in [0.2, 0.25) is 18.1 Å². The Morgan fingerprint density at radius 3 is 2.30 bits per heavy atom. The van der Waals surface area contributed by atoms with Crippen molar-refractivity contribution in [2.24, 2.45) is 0 Å². The molecular weight excluding hydrogens is 362 g/mol. The third-order valence-corrected chi connectivity index (χ3v) is 10.2. The fourth-order valence-electron chi connectivity index (χ4n) is 3.27. The number of hydrogen-bond acceptors (Lipinski definition) is 5. The summed E-state index contributed by atoms with van der Waals surface area (Å²) in [5, 5.41) is 6.27. The van der Waals surface area contributed by atoms with Crippen LogP contribution in [0.5, 0.6) is 0 Å². The van der Waals surface area contributed by atoms with Crippen LogP contribution in [0, 0.1) is 0 Å². The Kier molecular flexibility index (Phi) is 6.33. The second-order valence-corrected chi connectivity index (χ2v) is 15.0. The lowest BCUT2D eigenvalue weighted by Gasteiger charge is -2.38. The summed E-state index contributed by atoms with van der Waals surface area (Å²) >= 11 is 0. The quantitative estimate of drug-likeness (QED) is 0.713. The molecule has 2 N–H and O–H groups in total. The van der Waals surface area contributed by atoms with E-state index in [-0.39, 0.29) is 41.8 Å². The summed E-state index contributed by atoms with van der Waals surface area (Å²) in [7, 11) is -1.94. The largest absolute Gasteiger partial charge is 0.444 e. The monoisotopic (exact) mass is 399 g/mol. The van der Waals surface area contributed by atoms with Crippen LogP contribution in [0.4, 0.5) is 4.79 Å². The van der Waals surface area contributed by atoms with Crippen LogP contribution in [0.3, 0.4) is 0 Å². The topological polar surface area (TPSA) is 79.9 Å². The van der Waals surface area contributed by atoms with Gasteiger partial charge in [0, 0.05) is 19.1 Å². The van der Waals surface area contributed by atoms with Gasteiger partial charge in [0.25, 0.3) is 0 Å². The zero-order chi connectivity index (χ0) is 20.6. The molecule has 1 unspecified atom stereocenters. The molecule has 2 aliphatic rings. The zero-order valence-electron chi connectivity index (χ0n) is 18.1. The lowest BCUT2D eigenvalue weighted by Crippen LogP contribution is -2.60. The maximum atomic E-state index is 12.8. The SMILES string of the molecule is CC(C)(C)OC(=O)N1C[C@H](O[Si](C)(C)C(C)(C)C)C[C@H]1C1CNC(=O)CN1. The highest BCUT2D eigenvalue weighted by molar-refractivity contribution is 6.74. The van der Waals surface area contributed by atoms with E-state index in [4.69, 9.17) is 9.16 Å². The summed E-state index contributed by atoms with van der Waals surface area (Å²) in [5.41, 5.74) is -0.547. The minimum atomic E-state index is -1.94. The summed E-state index contributed by atoms with van der Waals surface area (Å²) in [4.78, 5) is 26.1. The van der Waals surface area contributed by atoms with Crippen molar-refractivity contribution in [1.29, 1.82) is 0 Å². The van der Waals surface area contributed by atoms with Gasteiger partial charge >= 0.3 is 6.09 Å². The van der Waals surface area contributed by atoms with Crippen LogP contribution < -0.4 is 10.6 Å². The molecule has 0 spiro atoms. The van der Waals surface area contributed by atoms with Gasteiger partial charge < -0.3 is 24.7 Å². The summed E-state index contributed by atoms with van der Waals surface area (Å²) in [6.07, 6.45) is 0.426. The Bertz CT molecular complexity index is 558. The van der Waals surface area contributed by atoms with Crippen molar-refractivity contribution >= 4 is 20.3 Å². The average molecular weight is 400 g/mol. The van der Waals surface area contributed by atoms with E-state index in [1.165, 1.54) is 0 Å². The highest BCUT2D eigenvalue weighted by Gasteiger charge is 2.46. The highest BCUT2D eigenvalue weighted by atomic mass is 28.4. The van der Waals surface area contributed by atoms with Crippen LogP contribution >= 0.6 is 0 Å². The van der Waals surface area contributed by atoms with Crippen LogP contribution in [-0.4, -0.2) is 68.6 Å². The fraction of sp³-hybridized carbons (Fsp3) is 0.895. The van der Waals surface area contributed by atoms with Crippen molar-refractivity contribution in [1.82, 2.24) is 15.5 Å². The summed E-state index contributed by atoms with van der Waals surface area (Å²) in [6.45, 7) is 18.1. The van der Waals surface area contributed by atoms with Crippen molar-refractivity contribution in [3.05, 3.63) is 0 Å². The van der Waals surface area contributed by atoms with Gasteiger partial charge in [0.05, 0.1) is 18.7 Å². The first-order valence-corrected chi connectivity index (χ1v) is 12.8.